The average Bonchev–Trinajstić information content (AvgIpc) is 2.12. The van der Waals surface area contributed by atoms with Crippen LogP contribution in [0.4, 0.5) is 0 Å². The Morgan fingerprint density at radius 1 is 1.07 bits per heavy atom. The summed E-state index contributed by atoms with van der Waals surface area (Å²) in [5, 5.41) is 0.444. The SMILES string of the molecule is O=c1[nH]c(=O)c2ccc(Br)c(Br)c2[nH]1. The standard InChI is InChI=1S/C8H4Br2N2O2/c9-4-2-1-3-6(5(4)10)11-8(14)12-7(3)13/h1-2H,(H2,11,12,13,14). The van der Waals surface area contributed by atoms with Gasteiger partial charge in [0.1, 0.15) is 0 Å². The summed E-state index contributed by atoms with van der Waals surface area (Å²) in [5.41, 5.74) is -0.411. The third-order valence-corrected chi connectivity index (χ3v) is 3.82. The molecule has 4 nitrogen and oxygen atoms in total. The van der Waals surface area contributed by atoms with E-state index in [0.717, 1.165) is 4.47 Å². The minimum absolute atomic E-state index is 0.392. The van der Waals surface area contributed by atoms with Gasteiger partial charge < -0.3 is 4.98 Å². The molecular weight excluding hydrogens is 316 g/mol. The van der Waals surface area contributed by atoms with Crippen LogP contribution in [0.1, 0.15) is 0 Å². The van der Waals surface area contributed by atoms with E-state index in [1.54, 1.807) is 12.1 Å². The number of hydrogen-bond acceptors (Lipinski definition) is 2. The minimum Gasteiger partial charge on any atom is -0.306 e. The number of halogens is 2. The van der Waals surface area contributed by atoms with E-state index in [1.807, 2.05) is 0 Å². The lowest BCUT2D eigenvalue weighted by molar-refractivity contribution is 1.08. The van der Waals surface area contributed by atoms with Crippen LogP contribution in [-0.2, 0) is 0 Å². The summed E-state index contributed by atoms with van der Waals surface area (Å²) in [4.78, 5) is 27.1. The topological polar surface area (TPSA) is 65.7 Å². The molecule has 72 valence electrons. The molecule has 2 aromatic rings. The number of benzene rings is 1. The zero-order valence-electron chi connectivity index (χ0n) is 6.73. The van der Waals surface area contributed by atoms with Crippen molar-refractivity contribution in [3.8, 4) is 0 Å². The van der Waals surface area contributed by atoms with E-state index in [2.05, 4.69) is 41.8 Å². The molecule has 1 aromatic carbocycles. The molecule has 6 heteroatoms. The lowest BCUT2D eigenvalue weighted by atomic mass is 10.2. The van der Waals surface area contributed by atoms with Gasteiger partial charge in [-0.25, -0.2) is 4.79 Å². The Morgan fingerprint density at radius 2 is 1.79 bits per heavy atom. The molecule has 0 fully saturated rings. The molecule has 2 N–H and O–H groups in total. The van der Waals surface area contributed by atoms with E-state index < -0.39 is 11.2 Å². The van der Waals surface area contributed by atoms with Crippen LogP contribution in [0.15, 0.2) is 30.7 Å². The lowest BCUT2D eigenvalue weighted by Crippen LogP contribution is -2.21. The van der Waals surface area contributed by atoms with Crippen molar-refractivity contribution in [1.82, 2.24) is 9.97 Å². The van der Waals surface area contributed by atoms with Crippen LogP contribution in [0.25, 0.3) is 10.9 Å². The zero-order valence-corrected chi connectivity index (χ0v) is 9.90. The summed E-state index contributed by atoms with van der Waals surface area (Å²) in [6.07, 6.45) is 0. The molecule has 0 bridgehead atoms. The maximum Gasteiger partial charge on any atom is 0.326 e. The van der Waals surface area contributed by atoms with E-state index in [4.69, 9.17) is 0 Å². The summed E-state index contributed by atoms with van der Waals surface area (Å²) in [7, 11) is 0. The molecule has 0 saturated heterocycles. The fourth-order valence-corrected chi connectivity index (χ4v) is 1.95. The highest BCUT2D eigenvalue weighted by molar-refractivity contribution is 9.13. The maximum atomic E-state index is 11.4. The highest BCUT2D eigenvalue weighted by Crippen LogP contribution is 2.27. The van der Waals surface area contributed by atoms with Crippen LogP contribution in [0.3, 0.4) is 0 Å². The molecule has 0 aliphatic heterocycles. The van der Waals surface area contributed by atoms with Crippen LogP contribution >= 0.6 is 31.9 Å². The van der Waals surface area contributed by atoms with Gasteiger partial charge in [-0.1, -0.05) is 0 Å². The molecule has 0 aliphatic carbocycles. The molecule has 0 saturated carbocycles. The summed E-state index contributed by atoms with van der Waals surface area (Å²) in [5.74, 6) is 0. The maximum absolute atomic E-state index is 11.4. The van der Waals surface area contributed by atoms with E-state index in [1.165, 1.54) is 0 Å². The third kappa shape index (κ3) is 1.44. The molecule has 0 amide bonds. The number of aromatic amines is 2. The second kappa shape index (κ2) is 3.36. The minimum atomic E-state index is -0.513. The van der Waals surface area contributed by atoms with Crippen LogP contribution in [0.2, 0.25) is 0 Å². The third-order valence-electron chi connectivity index (χ3n) is 1.81. The summed E-state index contributed by atoms with van der Waals surface area (Å²) >= 11 is 6.56. The van der Waals surface area contributed by atoms with Gasteiger partial charge in [0.05, 0.1) is 15.4 Å². The summed E-state index contributed by atoms with van der Waals surface area (Å²) in [6.45, 7) is 0. The lowest BCUT2D eigenvalue weighted by Gasteiger charge is -2.00. The normalized spacial score (nSPS) is 10.7. The molecule has 1 heterocycles. The molecule has 0 spiro atoms. The molecule has 0 unspecified atom stereocenters. The van der Waals surface area contributed by atoms with Gasteiger partial charge in [0.2, 0.25) is 0 Å². The molecule has 0 radical (unpaired) electrons. The van der Waals surface area contributed by atoms with Gasteiger partial charge in [0, 0.05) is 4.47 Å². The largest absolute Gasteiger partial charge is 0.326 e. The Morgan fingerprint density at radius 3 is 2.50 bits per heavy atom. The van der Waals surface area contributed by atoms with Crippen molar-refractivity contribution in [2.24, 2.45) is 0 Å². The molecular formula is C8H4Br2N2O2. The summed E-state index contributed by atoms with van der Waals surface area (Å²) < 4.78 is 1.45. The van der Waals surface area contributed by atoms with Gasteiger partial charge in [0.25, 0.3) is 5.56 Å². The number of H-pyrrole nitrogens is 2. The fourth-order valence-electron chi connectivity index (χ4n) is 1.18. The first-order valence-corrected chi connectivity index (χ1v) is 5.28. The van der Waals surface area contributed by atoms with Gasteiger partial charge in [0.15, 0.2) is 0 Å². The van der Waals surface area contributed by atoms with Crippen molar-refractivity contribution in [3.05, 3.63) is 41.9 Å². The molecule has 2 rings (SSSR count). The number of nitrogens with one attached hydrogen (secondary N) is 2. The Balaban J connectivity index is 3.10. The van der Waals surface area contributed by atoms with Gasteiger partial charge >= 0.3 is 5.69 Å². The van der Waals surface area contributed by atoms with Gasteiger partial charge in [-0.05, 0) is 44.0 Å². The number of hydrogen-bond donors (Lipinski definition) is 2. The molecule has 14 heavy (non-hydrogen) atoms. The highest BCUT2D eigenvalue weighted by atomic mass is 79.9. The smallest absolute Gasteiger partial charge is 0.306 e. The second-order valence-corrected chi connectivity index (χ2v) is 4.34. The van der Waals surface area contributed by atoms with Crippen molar-refractivity contribution in [2.45, 2.75) is 0 Å². The van der Waals surface area contributed by atoms with Crippen LogP contribution in [0.5, 0.6) is 0 Å². The molecule has 1 aromatic heterocycles. The first-order chi connectivity index (χ1) is 6.59. The van der Waals surface area contributed by atoms with Crippen molar-refractivity contribution >= 4 is 42.8 Å². The van der Waals surface area contributed by atoms with E-state index in [9.17, 15) is 9.59 Å². The van der Waals surface area contributed by atoms with Gasteiger partial charge in [-0.2, -0.15) is 0 Å². The Labute approximate surface area is 94.6 Å². The number of rotatable bonds is 0. The second-order valence-electron chi connectivity index (χ2n) is 2.69. The van der Waals surface area contributed by atoms with E-state index in [0.29, 0.717) is 15.4 Å². The highest BCUT2D eigenvalue weighted by Gasteiger charge is 2.06. The van der Waals surface area contributed by atoms with Crippen molar-refractivity contribution in [1.29, 1.82) is 0 Å². The zero-order chi connectivity index (χ0) is 10.3. The predicted octanol–water partition coefficient (Wildman–Crippen LogP) is 1.74. The van der Waals surface area contributed by atoms with Crippen LogP contribution in [0, 0.1) is 0 Å². The molecule has 0 aliphatic rings. The van der Waals surface area contributed by atoms with E-state index >= 15 is 0 Å². The predicted molar refractivity (Wildman–Crippen MR) is 60.6 cm³/mol. The first-order valence-electron chi connectivity index (χ1n) is 3.70. The van der Waals surface area contributed by atoms with Crippen molar-refractivity contribution in [2.75, 3.05) is 0 Å². The van der Waals surface area contributed by atoms with E-state index in [-0.39, 0.29) is 0 Å². The fraction of sp³-hybridized carbons (Fsp3) is 0. The van der Waals surface area contributed by atoms with Gasteiger partial charge in [-0.3, -0.25) is 9.78 Å². The average molecular weight is 320 g/mol. The number of fused-ring (bicyclic) bond motifs is 1. The number of aromatic nitrogens is 2. The van der Waals surface area contributed by atoms with Crippen molar-refractivity contribution in [3.63, 3.8) is 0 Å². The summed E-state index contributed by atoms with van der Waals surface area (Å²) in [6, 6.07) is 3.37. The van der Waals surface area contributed by atoms with Crippen LogP contribution < -0.4 is 11.2 Å². The van der Waals surface area contributed by atoms with Crippen LogP contribution in [-0.4, -0.2) is 9.97 Å². The Hall–Kier alpha value is -0.880. The molecule has 0 atom stereocenters. The van der Waals surface area contributed by atoms with Gasteiger partial charge in [-0.15, -0.1) is 0 Å². The first kappa shape index (κ1) is 9.67. The van der Waals surface area contributed by atoms with Crippen molar-refractivity contribution < 1.29 is 0 Å². The Bertz CT molecular complexity index is 615. The monoisotopic (exact) mass is 318 g/mol. The Kier molecular flexibility index (Phi) is 2.32. The quantitative estimate of drug-likeness (QED) is 0.777.